The maximum absolute atomic E-state index is 12.3. The van der Waals surface area contributed by atoms with Crippen molar-refractivity contribution in [3.05, 3.63) is 35.4 Å². The van der Waals surface area contributed by atoms with Crippen molar-refractivity contribution >= 4 is 11.8 Å². The number of rotatable bonds is 2. The van der Waals surface area contributed by atoms with Gasteiger partial charge in [0.1, 0.15) is 0 Å². The number of nitrogens with zero attached hydrogens (tertiary/aromatic N) is 1. The molecule has 96 valence electrons. The summed E-state index contributed by atoms with van der Waals surface area (Å²) in [5.41, 5.74) is 7.13. The number of benzene rings is 1. The van der Waals surface area contributed by atoms with Crippen molar-refractivity contribution in [1.29, 1.82) is 0 Å². The molecule has 0 aromatic heterocycles. The molecular weight excluding hydrogens is 230 g/mol. The number of carbonyl (C=O) groups excluding carboxylic acids is 2. The summed E-state index contributed by atoms with van der Waals surface area (Å²) < 4.78 is 0. The van der Waals surface area contributed by atoms with Crippen LogP contribution in [0.1, 0.15) is 22.3 Å². The minimum atomic E-state index is -0.0400. The molecule has 0 radical (unpaired) electrons. The molecule has 1 aliphatic rings. The van der Waals surface area contributed by atoms with Gasteiger partial charge in [-0.05, 0) is 17.7 Å². The molecule has 1 heterocycles. The van der Waals surface area contributed by atoms with Gasteiger partial charge in [0.25, 0.3) is 5.91 Å². The van der Waals surface area contributed by atoms with E-state index in [0.717, 1.165) is 5.56 Å². The van der Waals surface area contributed by atoms with Crippen LogP contribution in [0.2, 0.25) is 0 Å². The first-order valence-corrected chi connectivity index (χ1v) is 6.05. The van der Waals surface area contributed by atoms with Gasteiger partial charge in [-0.25, -0.2) is 0 Å². The first-order chi connectivity index (χ1) is 8.70. The largest absolute Gasteiger partial charge is 0.354 e. The lowest BCUT2D eigenvalue weighted by Crippen LogP contribution is -2.34. The third kappa shape index (κ3) is 2.87. The predicted octanol–water partition coefficient (Wildman–Crippen LogP) is 0.107. The van der Waals surface area contributed by atoms with Crippen LogP contribution < -0.4 is 11.1 Å². The molecule has 1 aliphatic heterocycles. The molecule has 0 aliphatic carbocycles. The van der Waals surface area contributed by atoms with Gasteiger partial charge >= 0.3 is 0 Å². The third-order valence-corrected chi connectivity index (χ3v) is 3.01. The van der Waals surface area contributed by atoms with E-state index < -0.39 is 0 Å². The van der Waals surface area contributed by atoms with Gasteiger partial charge in [0.05, 0.1) is 0 Å². The lowest BCUT2D eigenvalue weighted by Gasteiger charge is -2.19. The number of amides is 2. The standard InChI is InChI=1S/C13H17N3O2/c14-9-10-2-1-3-11(8-10)13(18)16-6-4-12(17)15-5-7-16/h1-3,8H,4-7,9,14H2,(H,15,17). The predicted molar refractivity (Wildman–Crippen MR) is 67.9 cm³/mol. The second kappa shape index (κ2) is 5.64. The van der Waals surface area contributed by atoms with Crippen molar-refractivity contribution in [2.75, 3.05) is 19.6 Å². The Hall–Kier alpha value is -1.88. The average Bonchev–Trinajstić information content (AvgIpc) is 2.63. The second-order valence-corrected chi connectivity index (χ2v) is 4.30. The van der Waals surface area contributed by atoms with Gasteiger partial charge in [-0.15, -0.1) is 0 Å². The van der Waals surface area contributed by atoms with E-state index in [9.17, 15) is 9.59 Å². The molecule has 0 unspecified atom stereocenters. The molecule has 1 aromatic rings. The van der Waals surface area contributed by atoms with E-state index in [1.54, 1.807) is 11.0 Å². The SMILES string of the molecule is NCc1cccc(C(=O)N2CCNC(=O)CC2)c1. The molecule has 2 amide bonds. The Balaban J connectivity index is 2.12. The van der Waals surface area contributed by atoms with Crippen LogP contribution in [0.25, 0.3) is 0 Å². The molecule has 1 fully saturated rings. The molecule has 0 spiro atoms. The fraction of sp³-hybridized carbons (Fsp3) is 0.385. The molecular formula is C13H17N3O2. The highest BCUT2D eigenvalue weighted by molar-refractivity contribution is 5.94. The van der Waals surface area contributed by atoms with E-state index in [1.807, 2.05) is 18.2 Å². The number of carbonyl (C=O) groups is 2. The molecule has 0 saturated carbocycles. The molecule has 0 atom stereocenters. The van der Waals surface area contributed by atoms with Crippen molar-refractivity contribution < 1.29 is 9.59 Å². The molecule has 1 saturated heterocycles. The molecule has 5 nitrogen and oxygen atoms in total. The van der Waals surface area contributed by atoms with Gasteiger partial charge in [-0.1, -0.05) is 12.1 Å². The van der Waals surface area contributed by atoms with Crippen LogP contribution in [0.3, 0.4) is 0 Å². The fourth-order valence-electron chi connectivity index (χ4n) is 1.98. The van der Waals surface area contributed by atoms with Crippen LogP contribution in [-0.2, 0) is 11.3 Å². The van der Waals surface area contributed by atoms with Gasteiger partial charge in [-0.3, -0.25) is 9.59 Å². The van der Waals surface area contributed by atoms with E-state index in [0.29, 0.717) is 38.2 Å². The molecule has 5 heteroatoms. The molecule has 3 N–H and O–H groups in total. The summed E-state index contributed by atoms with van der Waals surface area (Å²) in [6, 6.07) is 7.31. The highest BCUT2D eigenvalue weighted by Gasteiger charge is 2.19. The van der Waals surface area contributed by atoms with Crippen LogP contribution in [0.15, 0.2) is 24.3 Å². The van der Waals surface area contributed by atoms with Crippen molar-refractivity contribution in [2.24, 2.45) is 5.73 Å². The zero-order valence-corrected chi connectivity index (χ0v) is 10.2. The summed E-state index contributed by atoms with van der Waals surface area (Å²) in [4.78, 5) is 25.2. The van der Waals surface area contributed by atoms with E-state index >= 15 is 0 Å². The zero-order chi connectivity index (χ0) is 13.0. The van der Waals surface area contributed by atoms with Crippen molar-refractivity contribution in [1.82, 2.24) is 10.2 Å². The van der Waals surface area contributed by atoms with Gasteiger partial charge in [0.2, 0.25) is 5.91 Å². The Morgan fingerprint density at radius 1 is 1.39 bits per heavy atom. The smallest absolute Gasteiger partial charge is 0.253 e. The highest BCUT2D eigenvalue weighted by atomic mass is 16.2. The topological polar surface area (TPSA) is 75.4 Å². The summed E-state index contributed by atoms with van der Waals surface area (Å²) in [5, 5.41) is 2.75. The van der Waals surface area contributed by atoms with Crippen LogP contribution in [-0.4, -0.2) is 36.3 Å². The molecule has 1 aromatic carbocycles. The zero-order valence-electron chi connectivity index (χ0n) is 10.2. The molecule has 2 rings (SSSR count). The first kappa shape index (κ1) is 12.6. The van der Waals surface area contributed by atoms with Crippen LogP contribution >= 0.6 is 0 Å². The maximum atomic E-state index is 12.3. The van der Waals surface area contributed by atoms with Gasteiger partial charge in [-0.2, -0.15) is 0 Å². The summed E-state index contributed by atoms with van der Waals surface area (Å²) in [6.07, 6.45) is 0.363. The number of nitrogens with one attached hydrogen (secondary N) is 1. The van der Waals surface area contributed by atoms with Crippen molar-refractivity contribution in [2.45, 2.75) is 13.0 Å². The van der Waals surface area contributed by atoms with E-state index in [2.05, 4.69) is 5.32 Å². The Bertz CT molecular complexity index is 459. The number of nitrogens with two attached hydrogens (primary N) is 1. The summed E-state index contributed by atoms with van der Waals surface area (Å²) in [5.74, 6) is -0.0391. The van der Waals surface area contributed by atoms with Gasteiger partial charge < -0.3 is 16.0 Å². The van der Waals surface area contributed by atoms with Crippen molar-refractivity contribution in [3.63, 3.8) is 0 Å². The summed E-state index contributed by atoms with van der Waals surface area (Å²) >= 11 is 0. The van der Waals surface area contributed by atoms with Crippen molar-refractivity contribution in [3.8, 4) is 0 Å². The minimum absolute atomic E-state index is 0.000934. The normalized spacial score (nSPS) is 16.1. The molecule has 0 bridgehead atoms. The highest BCUT2D eigenvalue weighted by Crippen LogP contribution is 2.09. The first-order valence-electron chi connectivity index (χ1n) is 6.05. The van der Waals surface area contributed by atoms with E-state index in [4.69, 9.17) is 5.73 Å². The van der Waals surface area contributed by atoms with E-state index in [-0.39, 0.29) is 11.8 Å². The van der Waals surface area contributed by atoms with Gasteiger partial charge in [0.15, 0.2) is 0 Å². The number of hydrogen-bond acceptors (Lipinski definition) is 3. The Morgan fingerprint density at radius 3 is 3.00 bits per heavy atom. The Kier molecular flexibility index (Phi) is 3.94. The monoisotopic (exact) mass is 247 g/mol. The summed E-state index contributed by atoms with van der Waals surface area (Å²) in [7, 11) is 0. The maximum Gasteiger partial charge on any atom is 0.253 e. The average molecular weight is 247 g/mol. The summed E-state index contributed by atoms with van der Waals surface area (Å²) in [6.45, 7) is 1.96. The van der Waals surface area contributed by atoms with Crippen LogP contribution in [0, 0.1) is 0 Å². The second-order valence-electron chi connectivity index (χ2n) is 4.30. The minimum Gasteiger partial charge on any atom is -0.354 e. The quantitative estimate of drug-likeness (QED) is 0.778. The lowest BCUT2D eigenvalue weighted by atomic mass is 10.1. The number of hydrogen-bond donors (Lipinski definition) is 2. The molecule has 18 heavy (non-hydrogen) atoms. The Labute approximate surface area is 106 Å². The fourth-order valence-corrected chi connectivity index (χ4v) is 1.98. The van der Waals surface area contributed by atoms with Gasteiger partial charge in [0, 0.05) is 38.2 Å². The van der Waals surface area contributed by atoms with Crippen LogP contribution in [0.5, 0.6) is 0 Å². The Morgan fingerprint density at radius 2 is 2.22 bits per heavy atom. The van der Waals surface area contributed by atoms with E-state index in [1.165, 1.54) is 0 Å². The third-order valence-electron chi connectivity index (χ3n) is 3.01. The van der Waals surface area contributed by atoms with Crippen LogP contribution in [0.4, 0.5) is 0 Å². The lowest BCUT2D eigenvalue weighted by molar-refractivity contribution is -0.120.